The van der Waals surface area contributed by atoms with Gasteiger partial charge in [0, 0.05) is 38.4 Å². The third-order valence-electron chi connectivity index (χ3n) is 4.37. The number of anilines is 2. The molecular formula is C16H21N7O2. The van der Waals surface area contributed by atoms with Gasteiger partial charge in [0.15, 0.2) is 5.82 Å². The molecule has 1 aliphatic heterocycles. The molecule has 0 unspecified atom stereocenters. The van der Waals surface area contributed by atoms with E-state index in [0.717, 1.165) is 5.56 Å². The Morgan fingerprint density at radius 3 is 2.48 bits per heavy atom. The van der Waals surface area contributed by atoms with Gasteiger partial charge in [-0.25, -0.2) is 4.98 Å². The predicted octanol–water partition coefficient (Wildman–Crippen LogP) is 0.318. The van der Waals surface area contributed by atoms with Crippen LogP contribution in [0.15, 0.2) is 12.3 Å². The highest BCUT2D eigenvalue weighted by Crippen LogP contribution is 2.24. The Kier molecular flexibility index (Phi) is 4.64. The number of aryl methyl sites for hydroxylation is 1. The fraction of sp³-hybridized carbons (Fsp3) is 0.438. The maximum absolute atomic E-state index is 11.9. The van der Waals surface area contributed by atoms with Crippen molar-refractivity contribution in [1.82, 2.24) is 20.2 Å². The number of aromatic nitrogens is 4. The molecule has 0 aliphatic carbocycles. The molecule has 1 fully saturated rings. The second-order valence-electron chi connectivity index (χ2n) is 5.85. The number of carbonyl (C=O) groups is 1. The SMILES string of the molecule is COc1ccnc(N2CCN(c3nnc(C)c(C)c3C(N)=O)CC2)n1. The molecule has 0 aromatic carbocycles. The van der Waals surface area contributed by atoms with E-state index in [9.17, 15) is 4.79 Å². The van der Waals surface area contributed by atoms with Crippen molar-refractivity contribution in [2.45, 2.75) is 13.8 Å². The summed E-state index contributed by atoms with van der Waals surface area (Å²) in [5.74, 6) is 1.22. The second-order valence-corrected chi connectivity index (χ2v) is 5.85. The molecule has 3 rings (SSSR count). The maximum atomic E-state index is 11.9. The number of nitrogens with zero attached hydrogens (tertiary/aromatic N) is 6. The quantitative estimate of drug-likeness (QED) is 0.845. The van der Waals surface area contributed by atoms with Gasteiger partial charge in [-0.15, -0.1) is 5.10 Å². The number of piperazine rings is 1. The molecule has 132 valence electrons. The average Bonchev–Trinajstić information content (AvgIpc) is 2.63. The number of hydrogen-bond acceptors (Lipinski definition) is 8. The Morgan fingerprint density at radius 1 is 1.16 bits per heavy atom. The summed E-state index contributed by atoms with van der Waals surface area (Å²) in [7, 11) is 1.58. The maximum Gasteiger partial charge on any atom is 0.252 e. The van der Waals surface area contributed by atoms with Gasteiger partial charge >= 0.3 is 0 Å². The minimum Gasteiger partial charge on any atom is -0.481 e. The van der Waals surface area contributed by atoms with Crippen LogP contribution in [0.4, 0.5) is 11.8 Å². The third kappa shape index (κ3) is 3.30. The van der Waals surface area contributed by atoms with Gasteiger partial charge in [0.2, 0.25) is 11.8 Å². The Labute approximate surface area is 145 Å². The van der Waals surface area contributed by atoms with E-state index in [1.54, 1.807) is 19.4 Å². The number of hydrogen-bond donors (Lipinski definition) is 1. The van der Waals surface area contributed by atoms with Crippen LogP contribution in [0.2, 0.25) is 0 Å². The summed E-state index contributed by atoms with van der Waals surface area (Å²) in [5, 5.41) is 8.36. The van der Waals surface area contributed by atoms with Crippen molar-refractivity contribution < 1.29 is 9.53 Å². The zero-order valence-corrected chi connectivity index (χ0v) is 14.6. The zero-order chi connectivity index (χ0) is 18.0. The molecular weight excluding hydrogens is 322 g/mol. The fourth-order valence-electron chi connectivity index (χ4n) is 2.83. The van der Waals surface area contributed by atoms with Crippen LogP contribution in [0, 0.1) is 13.8 Å². The fourth-order valence-corrected chi connectivity index (χ4v) is 2.83. The summed E-state index contributed by atoms with van der Waals surface area (Å²) in [5.41, 5.74) is 7.49. The highest BCUT2D eigenvalue weighted by Gasteiger charge is 2.25. The first-order valence-electron chi connectivity index (χ1n) is 8.02. The first kappa shape index (κ1) is 16.9. The molecule has 2 aromatic heterocycles. The Balaban J connectivity index is 1.79. The predicted molar refractivity (Wildman–Crippen MR) is 93.0 cm³/mol. The standard InChI is InChI=1S/C16H21N7O2/c1-10-11(2)20-21-15(13(10)14(17)24)22-6-8-23(9-7-22)16-18-5-4-12(19-16)25-3/h4-5H,6-9H2,1-3H3,(H2,17,24). The molecule has 0 saturated carbocycles. The Bertz CT molecular complexity index is 788. The van der Waals surface area contributed by atoms with Crippen molar-refractivity contribution in [2.75, 3.05) is 43.1 Å². The van der Waals surface area contributed by atoms with Crippen molar-refractivity contribution in [3.05, 3.63) is 29.1 Å². The number of nitrogens with two attached hydrogens (primary N) is 1. The van der Waals surface area contributed by atoms with Gasteiger partial charge in [-0.2, -0.15) is 10.1 Å². The lowest BCUT2D eigenvalue weighted by Crippen LogP contribution is -2.48. The molecule has 9 heteroatoms. The lowest BCUT2D eigenvalue weighted by molar-refractivity contribution is 0.0999. The van der Waals surface area contributed by atoms with Crippen LogP contribution < -0.4 is 20.3 Å². The molecule has 2 N–H and O–H groups in total. The van der Waals surface area contributed by atoms with Crippen LogP contribution in [0.25, 0.3) is 0 Å². The van der Waals surface area contributed by atoms with Gasteiger partial charge in [0.1, 0.15) is 0 Å². The van der Waals surface area contributed by atoms with Crippen LogP contribution in [-0.4, -0.2) is 59.4 Å². The van der Waals surface area contributed by atoms with E-state index in [1.165, 1.54) is 0 Å². The molecule has 1 amide bonds. The normalized spacial score (nSPS) is 14.5. The second kappa shape index (κ2) is 6.88. The molecule has 1 saturated heterocycles. The van der Waals surface area contributed by atoms with Crippen LogP contribution >= 0.6 is 0 Å². The summed E-state index contributed by atoms with van der Waals surface area (Å²) in [6.45, 7) is 6.38. The largest absolute Gasteiger partial charge is 0.481 e. The van der Waals surface area contributed by atoms with Crippen LogP contribution in [0.1, 0.15) is 21.6 Å². The number of amides is 1. The molecule has 1 aliphatic rings. The molecule has 0 radical (unpaired) electrons. The number of methoxy groups -OCH3 is 1. The lowest BCUT2D eigenvalue weighted by Gasteiger charge is -2.35. The minimum absolute atomic E-state index is 0.443. The summed E-state index contributed by atoms with van der Waals surface area (Å²) in [6.07, 6.45) is 1.67. The first-order valence-corrected chi connectivity index (χ1v) is 8.02. The monoisotopic (exact) mass is 343 g/mol. The minimum atomic E-state index is -0.482. The molecule has 2 aromatic rings. The van der Waals surface area contributed by atoms with Crippen molar-refractivity contribution in [3.8, 4) is 5.88 Å². The van der Waals surface area contributed by atoms with E-state index in [1.807, 2.05) is 18.7 Å². The number of carbonyl (C=O) groups excluding carboxylic acids is 1. The van der Waals surface area contributed by atoms with Crippen molar-refractivity contribution in [1.29, 1.82) is 0 Å². The van der Waals surface area contributed by atoms with Gasteiger partial charge in [-0.1, -0.05) is 0 Å². The van der Waals surface area contributed by atoms with Gasteiger partial charge in [-0.05, 0) is 19.4 Å². The van der Waals surface area contributed by atoms with Crippen molar-refractivity contribution >= 4 is 17.7 Å². The van der Waals surface area contributed by atoms with Crippen LogP contribution in [0.3, 0.4) is 0 Å². The molecule has 9 nitrogen and oxygen atoms in total. The lowest BCUT2D eigenvalue weighted by atomic mass is 10.1. The van der Waals surface area contributed by atoms with E-state index in [2.05, 4.69) is 25.1 Å². The third-order valence-corrected chi connectivity index (χ3v) is 4.37. The van der Waals surface area contributed by atoms with Gasteiger partial charge in [-0.3, -0.25) is 4.79 Å². The van der Waals surface area contributed by atoms with Crippen LogP contribution in [-0.2, 0) is 0 Å². The smallest absolute Gasteiger partial charge is 0.252 e. The van der Waals surface area contributed by atoms with Crippen molar-refractivity contribution in [2.24, 2.45) is 5.73 Å². The molecule has 3 heterocycles. The average molecular weight is 343 g/mol. The number of rotatable bonds is 4. The zero-order valence-electron chi connectivity index (χ0n) is 14.6. The highest BCUT2D eigenvalue weighted by atomic mass is 16.5. The Hall–Kier alpha value is -2.97. The van der Waals surface area contributed by atoms with E-state index in [-0.39, 0.29) is 0 Å². The summed E-state index contributed by atoms with van der Waals surface area (Å²) in [6, 6.07) is 1.71. The molecule has 0 spiro atoms. The topological polar surface area (TPSA) is 110 Å². The Morgan fingerprint density at radius 2 is 1.84 bits per heavy atom. The summed E-state index contributed by atoms with van der Waals surface area (Å²) in [4.78, 5) is 24.6. The molecule has 0 bridgehead atoms. The highest BCUT2D eigenvalue weighted by molar-refractivity contribution is 5.99. The van der Waals surface area contributed by atoms with E-state index >= 15 is 0 Å². The van der Waals surface area contributed by atoms with E-state index in [4.69, 9.17) is 10.5 Å². The number of ether oxygens (including phenoxy) is 1. The van der Waals surface area contributed by atoms with E-state index in [0.29, 0.717) is 55.1 Å². The summed E-state index contributed by atoms with van der Waals surface area (Å²) < 4.78 is 5.14. The number of primary amides is 1. The van der Waals surface area contributed by atoms with Gasteiger partial charge in [0.25, 0.3) is 5.91 Å². The summed E-state index contributed by atoms with van der Waals surface area (Å²) >= 11 is 0. The first-order chi connectivity index (χ1) is 12.0. The van der Waals surface area contributed by atoms with Gasteiger partial charge in [0.05, 0.1) is 18.4 Å². The van der Waals surface area contributed by atoms with E-state index < -0.39 is 5.91 Å². The molecule has 25 heavy (non-hydrogen) atoms. The van der Waals surface area contributed by atoms with Gasteiger partial charge < -0.3 is 20.3 Å². The van der Waals surface area contributed by atoms with Crippen LogP contribution in [0.5, 0.6) is 5.88 Å². The van der Waals surface area contributed by atoms with Crippen molar-refractivity contribution in [3.63, 3.8) is 0 Å². The molecule has 0 atom stereocenters.